The monoisotopic (exact) mass is 275 g/mol. The minimum absolute atomic E-state index is 0.272. The third-order valence-electron chi connectivity index (χ3n) is 3.89. The van der Waals surface area contributed by atoms with Gasteiger partial charge in [-0.05, 0) is 31.7 Å². The third kappa shape index (κ3) is 2.77. The summed E-state index contributed by atoms with van der Waals surface area (Å²) in [4.78, 5) is 4.43. The van der Waals surface area contributed by atoms with E-state index in [0.717, 1.165) is 49.4 Å². The van der Waals surface area contributed by atoms with Crippen LogP contribution in [-0.4, -0.2) is 37.1 Å². The van der Waals surface area contributed by atoms with E-state index in [-0.39, 0.29) is 6.04 Å². The second-order valence-electron chi connectivity index (χ2n) is 5.48. The highest BCUT2D eigenvalue weighted by molar-refractivity contribution is 6.07. The molecule has 2 heterocycles. The zero-order chi connectivity index (χ0) is 13.9. The molecule has 0 spiro atoms. The van der Waals surface area contributed by atoms with Gasteiger partial charge in [0.2, 0.25) is 0 Å². The lowest BCUT2D eigenvalue weighted by Crippen LogP contribution is -2.31. The van der Waals surface area contributed by atoms with E-state index < -0.39 is 0 Å². The van der Waals surface area contributed by atoms with E-state index in [4.69, 9.17) is 14.9 Å². The molecule has 0 amide bonds. The van der Waals surface area contributed by atoms with Crippen LogP contribution in [-0.2, 0) is 4.74 Å². The Balaban J connectivity index is 1.86. The van der Waals surface area contributed by atoms with Crippen LogP contribution in [0.3, 0.4) is 0 Å². The SMILES string of the molecule is COc1ccnc(NC2CCCOC2)c1C(=N)C1CC1. The van der Waals surface area contributed by atoms with Crippen molar-refractivity contribution in [2.24, 2.45) is 5.92 Å². The van der Waals surface area contributed by atoms with Crippen LogP contribution >= 0.6 is 0 Å². The van der Waals surface area contributed by atoms with Crippen molar-refractivity contribution in [1.82, 2.24) is 4.98 Å². The Kier molecular flexibility index (Phi) is 3.87. The normalized spacial score (nSPS) is 22.4. The summed E-state index contributed by atoms with van der Waals surface area (Å²) in [6, 6.07) is 2.10. The van der Waals surface area contributed by atoms with Gasteiger partial charge in [0.25, 0.3) is 0 Å². The maximum absolute atomic E-state index is 8.36. The fourth-order valence-corrected chi connectivity index (χ4v) is 2.61. The fourth-order valence-electron chi connectivity index (χ4n) is 2.61. The summed E-state index contributed by atoms with van der Waals surface area (Å²) in [5.74, 6) is 1.86. The van der Waals surface area contributed by atoms with Gasteiger partial charge in [-0.1, -0.05) is 0 Å². The molecular formula is C15H21N3O2. The zero-order valence-electron chi connectivity index (χ0n) is 11.8. The largest absolute Gasteiger partial charge is 0.496 e. The molecule has 3 rings (SSSR count). The van der Waals surface area contributed by atoms with Gasteiger partial charge < -0.3 is 20.2 Å². The number of nitrogens with one attached hydrogen (secondary N) is 2. The van der Waals surface area contributed by atoms with Crippen molar-refractivity contribution in [3.63, 3.8) is 0 Å². The lowest BCUT2D eigenvalue weighted by atomic mass is 10.0. The van der Waals surface area contributed by atoms with Gasteiger partial charge in [0.1, 0.15) is 11.6 Å². The first-order valence-corrected chi connectivity index (χ1v) is 7.25. The fraction of sp³-hybridized carbons (Fsp3) is 0.600. The summed E-state index contributed by atoms with van der Waals surface area (Å²) in [7, 11) is 1.65. The number of pyridine rings is 1. The molecule has 1 aromatic heterocycles. The predicted octanol–water partition coefficient (Wildman–Crippen LogP) is 2.46. The number of hydrogen-bond acceptors (Lipinski definition) is 5. The lowest BCUT2D eigenvalue weighted by Gasteiger charge is -2.25. The number of aromatic nitrogens is 1. The van der Waals surface area contributed by atoms with E-state index in [9.17, 15) is 0 Å². The summed E-state index contributed by atoms with van der Waals surface area (Å²) in [6.45, 7) is 1.55. The Hall–Kier alpha value is -1.62. The van der Waals surface area contributed by atoms with Crippen molar-refractivity contribution in [2.45, 2.75) is 31.7 Å². The van der Waals surface area contributed by atoms with Crippen LogP contribution in [0.15, 0.2) is 12.3 Å². The third-order valence-corrected chi connectivity index (χ3v) is 3.89. The lowest BCUT2D eigenvalue weighted by molar-refractivity contribution is 0.0875. The van der Waals surface area contributed by atoms with Crippen LogP contribution in [0.4, 0.5) is 5.82 Å². The topological polar surface area (TPSA) is 67.2 Å². The number of anilines is 1. The summed E-state index contributed by atoms with van der Waals surface area (Å²) < 4.78 is 10.9. The van der Waals surface area contributed by atoms with E-state index in [1.807, 2.05) is 6.07 Å². The molecule has 1 aromatic rings. The molecule has 2 aliphatic rings. The Bertz CT molecular complexity index is 494. The number of ether oxygens (including phenoxy) is 2. The summed E-state index contributed by atoms with van der Waals surface area (Å²) in [5.41, 5.74) is 1.47. The van der Waals surface area contributed by atoms with Crippen molar-refractivity contribution in [3.05, 3.63) is 17.8 Å². The second kappa shape index (κ2) is 5.79. The molecule has 0 bridgehead atoms. The van der Waals surface area contributed by atoms with E-state index in [0.29, 0.717) is 18.2 Å². The zero-order valence-corrected chi connectivity index (χ0v) is 11.8. The summed E-state index contributed by atoms with van der Waals surface area (Å²) in [6.07, 6.45) is 6.08. The van der Waals surface area contributed by atoms with Crippen LogP contribution in [0.1, 0.15) is 31.2 Å². The standard InChI is InChI=1S/C15H21N3O2/c1-19-12-6-7-17-15(13(12)14(16)10-4-5-10)18-11-3-2-8-20-9-11/h6-7,10-11,16H,2-5,8-9H2,1H3,(H,17,18). The minimum Gasteiger partial charge on any atom is -0.496 e. The van der Waals surface area contributed by atoms with Gasteiger partial charge in [0.15, 0.2) is 0 Å². The molecule has 1 aliphatic heterocycles. The van der Waals surface area contributed by atoms with Gasteiger partial charge in [0.05, 0.1) is 25.3 Å². The number of methoxy groups -OCH3 is 1. The van der Waals surface area contributed by atoms with Gasteiger partial charge in [-0.3, -0.25) is 0 Å². The Labute approximate surface area is 119 Å². The van der Waals surface area contributed by atoms with Crippen LogP contribution in [0.25, 0.3) is 0 Å². The highest BCUT2D eigenvalue weighted by atomic mass is 16.5. The smallest absolute Gasteiger partial charge is 0.139 e. The molecule has 1 aliphatic carbocycles. The maximum atomic E-state index is 8.36. The highest BCUT2D eigenvalue weighted by Gasteiger charge is 2.31. The number of nitrogens with zero attached hydrogens (tertiary/aromatic N) is 1. The Morgan fingerprint density at radius 2 is 2.30 bits per heavy atom. The molecular weight excluding hydrogens is 254 g/mol. The average Bonchev–Trinajstić information content (AvgIpc) is 3.32. The molecule has 5 nitrogen and oxygen atoms in total. The first kappa shape index (κ1) is 13.4. The summed E-state index contributed by atoms with van der Waals surface area (Å²) in [5, 5.41) is 11.8. The molecule has 2 N–H and O–H groups in total. The summed E-state index contributed by atoms with van der Waals surface area (Å²) >= 11 is 0. The van der Waals surface area contributed by atoms with Crippen molar-refractivity contribution in [3.8, 4) is 5.75 Å². The Morgan fingerprint density at radius 3 is 2.95 bits per heavy atom. The van der Waals surface area contributed by atoms with Crippen molar-refractivity contribution < 1.29 is 9.47 Å². The molecule has 1 unspecified atom stereocenters. The molecule has 0 radical (unpaired) electrons. The minimum atomic E-state index is 0.272. The van der Waals surface area contributed by atoms with Crippen molar-refractivity contribution >= 4 is 11.5 Å². The van der Waals surface area contributed by atoms with E-state index in [2.05, 4.69) is 10.3 Å². The molecule has 2 fully saturated rings. The highest BCUT2D eigenvalue weighted by Crippen LogP contribution is 2.37. The van der Waals surface area contributed by atoms with Crippen molar-refractivity contribution in [2.75, 3.05) is 25.6 Å². The molecule has 0 aromatic carbocycles. The average molecular weight is 275 g/mol. The first-order valence-electron chi connectivity index (χ1n) is 7.25. The van der Waals surface area contributed by atoms with Crippen LogP contribution in [0, 0.1) is 11.3 Å². The molecule has 5 heteroatoms. The van der Waals surface area contributed by atoms with E-state index in [1.54, 1.807) is 13.3 Å². The van der Waals surface area contributed by atoms with Gasteiger partial charge in [0, 0.05) is 24.4 Å². The molecule has 108 valence electrons. The van der Waals surface area contributed by atoms with Gasteiger partial charge >= 0.3 is 0 Å². The number of hydrogen-bond donors (Lipinski definition) is 2. The van der Waals surface area contributed by atoms with Gasteiger partial charge in [-0.15, -0.1) is 0 Å². The van der Waals surface area contributed by atoms with Gasteiger partial charge in [-0.2, -0.15) is 0 Å². The van der Waals surface area contributed by atoms with E-state index >= 15 is 0 Å². The van der Waals surface area contributed by atoms with Crippen LogP contribution in [0.5, 0.6) is 5.75 Å². The van der Waals surface area contributed by atoms with Crippen LogP contribution in [0.2, 0.25) is 0 Å². The molecule has 20 heavy (non-hydrogen) atoms. The maximum Gasteiger partial charge on any atom is 0.139 e. The first-order chi connectivity index (χ1) is 9.79. The van der Waals surface area contributed by atoms with Gasteiger partial charge in [-0.25, -0.2) is 4.98 Å². The Morgan fingerprint density at radius 1 is 1.45 bits per heavy atom. The van der Waals surface area contributed by atoms with Crippen molar-refractivity contribution in [1.29, 1.82) is 5.41 Å². The quantitative estimate of drug-likeness (QED) is 0.810. The molecule has 1 atom stereocenters. The molecule has 1 saturated carbocycles. The molecule has 1 saturated heterocycles. The van der Waals surface area contributed by atoms with E-state index in [1.165, 1.54) is 0 Å². The van der Waals surface area contributed by atoms with Crippen LogP contribution < -0.4 is 10.1 Å². The number of rotatable bonds is 5. The predicted molar refractivity (Wildman–Crippen MR) is 77.8 cm³/mol. The second-order valence-corrected chi connectivity index (χ2v) is 5.48.